The summed E-state index contributed by atoms with van der Waals surface area (Å²) in [5, 5.41) is 5.18. The van der Waals surface area contributed by atoms with Crippen LogP contribution in [-0.4, -0.2) is 44.2 Å². The Morgan fingerprint density at radius 2 is 1.75 bits per heavy atom. The SMILES string of the molecule is CN(C)C(=O)COc1ccc(NC(=O)NCc2ccccc2OC(F)F)cc1. The smallest absolute Gasteiger partial charge is 0.387 e. The quantitative estimate of drug-likeness (QED) is 0.722. The summed E-state index contributed by atoms with van der Waals surface area (Å²) in [6, 6.07) is 12.2. The van der Waals surface area contributed by atoms with Crippen LogP contribution in [0.1, 0.15) is 5.56 Å². The number of anilines is 1. The van der Waals surface area contributed by atoms with Crippen LogP contribution in [0.15, 0.2) is 48.5 Å². The van der Waals surface area contributed by atoms with Gasteiger partial charge in [0.05, 0.1) is 0 Å². The topological polar surface area (TPSA) is 79.9 Å². The number of ether oxygens (including phenoxy) is 2. The number of halogens is 2. The van der Waals surface area contributed by atoms with Crippen LogP contribution < -0.4 is 20.1 Å². The second kappa shape index (κ2) is 10.1. The first-order valence-electron chi connectivity index (χ1n) is 8.35. The number of hydrogen-bond donors (Lipinski definition) is 2. The zero-order chi connectivity index (χ0) is 20.5. The Bertz CT molecular complexity index is 798. The molecule has 2 aromatic carbocycles. The van der Waals surface area contributed by atoms with E-state index in [1.165, 1.54) is 11.0 Å². The van der Waals surface area contributed by atoms with Crippen molar-refractivity contribution in [3.63, 3.8) is 0 Å². The van der Waals surface area contributed by atoms with Gasteiger partial charge in [0.25, 0.3) is 5.91 Å². The van der Waals surface area contributed by atoms with Crippen molar-refractivity contribution in [2.45, 2.75) is 13.2 Å². The van der Waals surface area contributed by atoms with Crippen LogP contribution >= 0.6 is 0 Å². The van der Waals surface area contributed by atoms with Gasteiger partial charge in [-0.15, -0.1) is 0 Å². The van der Waals surface area contributed by atoms with Gasteiger partial charge in [-0.25, -0.2) is 4.79 Å². The number of amides is 3. The molecule has 0 aromatic heterocycles. The molecular formula is C19H21F2N3O4. The molecule has 0 aliphatic carbocycles. The highest BCUT2D eigenvalue weighted by molar-refractivity contribution is 5.89. The number of urea groups is 1. The lowest BCUT2D eigenvalue weighted by Crippen LogP contribution is -2.28. The first kappa shape index (κ1) is 20.9. The molecule has 0 saturated heterocycles. The maximum absolute atomic E-state index is 12.4. The maximum Gasteiger partial charge on any atom is 0.387 e. The number of benzene rings is 2. The number of carbonyl (C=O) groups is 2. The van der Waals surface area contributed by atoms with Gasteiger partial charge in [0.1, 0.15) is 11.5 Å². The average molecular weight is 393 g/mol. The van der Waals surface area contributed by atoms with Crippen LogP contribution in [0.4, 0.5) is 19.3 Å². The molecule has 9 heteroatoms. The molecule has 0 aliphatic heterocycles. The van der Waals surface area contributed by atoms with Crippen LogP contribution in [0, 0.1) is 0 Å². The van der Waals surface area contributed by atoms with E-state index in [4.69, 9.17) is 4.74 Å². The van der Waals surface area contributed by atoms with Gasteiger partial charge in [0, 0.05) is 31.9 Å². The fourth-order valence-corrected chi connectivity index (χ4v) is 2.12. The van der Waals surface area contributed by atoms with E-state index in [1.54, 1.807) is 56.6 Å². The summed E-state index contributed by atoms with van der Waals surface area (Å²) in [5.41, 5.74) is 0.924. The highest BCUT2D eigenvalue weighted by atomic mass is 19.3. The van der Waals surface area contributed by atoms with E-state index in [2.05, 4.69) is 15.4 Å². The van der Waals surface area contributed by atoms with Gasteiger partial charge in [0.2, 0.25) is 0 Å². The Morgan fingerprint density at radius 3 is 2.39 bits per heavy atom. The van der Waals surface area contributed by atoms with Crippen molar-refractivity contribution in [1.29, 1.82) is 0 Å². The Morgan fingerprint density at radius 1 is 1.07 bits per heavy atom. The van der Waals surface area contributed by atoms with E-state index in [9.17, 15) is 18.4 Å². The summed E-state index contributed by atoms with van der Waals surface area (Å²) in [5.74, 6) is 0.323. The predicted octanol–water partition coefficient (Wildman–Crippen LogP) is 3.08. The van der Waals surface area contributed by atoms with E-state index in [0.29, 0.717) is 17.0 Å². The Kier molecular flexibility index (Phi) is 7.55. The molecule has 3 amide bonds. The number of para-hydroxylation sites is 1. The van der Waals surface area contributed by atoms with Crippen molar-refractivity contribution in [2.75, 3.05) is 26.0 Å². The predicted molar refractivity (Wildman–Crippen MR) is 99.6 cm³/mol. The fourth-order valence-electron chi connectivity index (χ4n) is 2.12. The molecule has 0 spiro atoms. The molecule has 2 rings (SSSR count). The van der Waals surface area contributed by atoms with Crippen molar-refractivity contribution < 1.29 is 27.8 Å². The van der Waals surface area contributed by atoms with E-state index in [0.717, 1.165) is 0 Å². The fraction of sp³-hybridized carbons (Fsp3) is 0.263. The number of carbonyl (C=O) groups excluding carboxylic acids is 2. The van der Waals surface area contributed by atoms with E-state index in [-0.39, 0.29) is 24.8 Å². The van der Waals surface area contributed by atoms with Crippen molar-refractivity contribution in [2.24, 2.45) is 0 Å². The van der Waals surface area contributed by atoms with Gasteiger partial charge in [0.15, 0.2) is 6.61 Å². The zero-order valence-corrected chi connectivity index (χ0v) is 15.4. The number of alkyl halides is 2. The Balaban J connectivity index is 1.84. The molecule has 0 aliphatic rings. The van der Waals surface area contributed by atoms with Gasteiger partial charge in [-0.2, -0.15) is 8.78 Å². The van der Waals surface area contributed by atoms with Crippen molar-refractivity contribution in [1.82, 2.24) is 10.2 Å². The van der Waals surface area contributed by atoms with Gasteiger partial charge < -0.3 is 25.0 Å². The molecule has 0 unspecified atom stereocenters. The van der Waals surface area contributed by atoms with Crippen LogP contribution in [0.3, 0.4) is 0 Å². The van der Waals surface area contributed by atoms with Crippen LogP contribution in [0.5, 0.6) is 11.5 Å². The molecule has 28 heavy (non-hydrogen) atoms. The first-order chi connectivity index (χ1) is 13.3. The standard InChI is InChI=1S/C19H21F2N3O4/c1-24(2)17(25)12-27-15-9-7-14(8-10-15)23-19(26)22-11-13-5-3-4-6-16(13)28-18(20)21/h3-10,18H,11-12H2,1-2H3,(H2,22,23,26). The van der Waals surface area contributed by atoms with E-state index in [1.807, 2.05) is 0 Å². The monoisotopic (exact) mass is 393 g/mol. The molecular weight excluding hydrogens is 372 g/mol. The molecule has 2 aromatic rings. The molecule has 0 radical (unpaired) electrons. The number of nitrogens with zero attached hydrogens (tertiary/aromatic N) is 1. The third kappa shape index (κ3) is 6.75. The van der Waals surface area contributed by atoms with E-state index < -0.39 is 12.6 Å². The minimum Gasteiger partial charge on any atom is -0.484 e. The summed E-state index contributed by atoms with van der Waals surface area (Å²) >= 11 is 0. The number of nitrogens with one attached hydrogen (secondary N) is 2. The second-order valence-electron chi connectivity index (χ2n) is 5.90. The third-order valence-electron chi connectivity index (χ3n) is 3.60. The summed E-state index contributed by atoms with van der Waals surface area (Å²) in [4.78, 5) is 24.9. The molecule has 150 valence electrons. The Hall–Kier alpha value is -3.36. The van der Waals surface area contributed by atoms with Crippen molar-refractivity contribution in [3.8, 4) is 11.5 Å². The molecule has 0 fully saturated rings. The van der Waals surface area contributed by atoms with Crippen molar-refractivity contribution >= 4 is 17.6 Å². The molecule has 0 bridgehead atoms. The molecule has 0 heterocycles. The summed E-state index contributed by atoms with van der Waals surface area (Å²) < 4.78 is 34.6. The number of rotatable bonds is 8. The van der Waals surface area contributed by atoms with Crippen LogP contribution in [0.25, 0.3) is 0 Å². The minimum absolute atomic E-state index is 0.00609. The first-order valence-corrected chi connectivity index (χ1v) is 8.35. The normalized spacial score (nSPS) is 10.3. The average Bonchev–Trinajstić information content (AvgIpc) is 2.66. The number of likely N-dealkylation sites (N-methyl/N-ethyl adjacent to an activating group) is 1. The molecule has 0 atom stereocenters. The van der Waals surface area contributed by atoms with Crippen molar-refractivity contribution in [3.05, 3.63) is 54.1 Å². The summed E-state index contributed by atoms with van der Waals surface area (Å²) in [6.07, 6.45) is 0. The number of hydrogen-bond acceptors (Lipinski definition) is 4. The molecule has 0 saturated carbocycles. The van der Waals surface area contributed by atoms with Gasteiger partial charge in [-0.3, -0.25) is 4.79 Å². The van der Waals surface area contributed by atoms with Crippen LogP contribution in [0.2, 0.25) is 0 Å². The summed E-state index contributed by atoms with van der Waals surface area (Å²) in [7, 11) is 3.27. The van der Waals surface area contributed by atoms with Gasteiger partial charge >= 0.3 is 12.6 Å². The maximum atomic E-state index is 12.4. The third-order valence-corrected chi connectivity index (χ3v) is 3.60. The lowest BCUT2D eigenvalue weighted by molar-refractivity contribution is -0.130. The Labute approximate surface area is 161 Å². The second-order valence-corrected chi connectivity index (χ2v) is 5.90. The molecule has 2 N–H and O–H groups in total. The highest BCUT2D eigenvalue weighted by Crippen LogP contribution is 2.20. The lowest BCUT2D eigenvalue weighted by atomic mass is 10.2. The lowest BCUT2D eigenvalue weighted by Gasteiger charge is -2.13. The summed E-state index contributed by atoms with van der Waals surface area (Å²) in [6.45, 7) is -3.01. The molecule has 7 nitrogen and oxygen atoms in total. The van der Waals surface area contributed by atoms with Crippen LogP contribution in [-0.2, 0) is 11.3 Å². The van der Waals surface area contributed by atoms with Gasteiger partial charge in [-0.1, -0.05) is 18.2 Å². The minimum atomic E-state index is -2.94. The largest absolute Gasteiger partial charge is 0.484 e. The highest BCUT2D eigenvalue weighted by Gasteiger charge is 2.10. The van der Waals surface area contributed by atoms with E-state index >= 15 is 0 Å². The van der Waals surface area contributed by atoms with Gasteiger partial charge in [-0.05, 0) is 30.3 Å². The zero-order valence-electron chi connectivity index (χ0n) is 15.4.